The topological polar surface area (TPSA) is 84.0 Å². The number of hydrogen-bond acceptors (Lipinski definition) is 6. The molecular formula is C21H25FN4O2S. The molecule has 1 aliphatic heterocycles. The molecule has 1 aromatic heterocycles. The monoisotopic (exact) mass is 416 g/mol. The zero-order chi connectivity index (χ0) is 20.6. The number of nitrogens with zero attached hydrogens (tertiary/aromatic N) is 2. The third kappa shape index (κ3) is 6.27. The van der Waals surface area contributed by atoms with Crippen LogP contribution in [0.3, 0.4) is 0 Å². The van der Waals surface area contributed by atoms with Gasteiger partial charge in [-0.3, -0.25) is 14.9 Å². The third-order valence-electron chi connectivity index (χ3n) is 4.95. The Bertz CT molecular complexity index is 860. The minimum Gasteiger partial charge on any atom is -0.307 e. The molecule has 29 heavy (non-hydrogen) atoms. The average molecular weight is 417 g/mol. The number of nitrogens with one attached hydrogen (secondary N) is 2. The Labute approximate surface area is 173 Å². The van der Waals surface area contributed by atoms with Crippen LogP contribution in [0.2, 0.25) is 0 Å². The van der Waals surface area contributed by atoms with Crippen LogP contribution in [0.4, 0.5) is 9.52 Å². The van der Waals surface area contributed by atoms with Crippen LogP contribution in [-0.4, -0.2) is 34.5 Å². The summed E-state index contributed by atoms with van der Waals surface area (Å²) >= 11 is 1.22. The maximum Gasteiger partial charge on any atom is 0.249 e. The Balaban J connectivity index is 1.52. The van der Waals surface area contributed by atoms with Crippen molar-refractivity contribution < 1.29 is 14.0 Å². The molecule has 8 heteroatoms. The van der Waals surface area contributed by atoms with Gasteiger partial charge in [0.1, 0.15) is 16.6 Å². The second kappa shape index (κ2) is 10.4. The van der Waals surface area contributed by atoms with Crippen molar-refractivity contribution in [2.24, 2.45) is 5.92 Å². The van der Waals surface area contributed by atoms with Crippen LogP contribution in [0.5, 0.6) is 0 Å². The van der Waals surface area contributed by atoms with Crippen molar-refractivity contribution in [1.29, 1.82) is 0 Å². The van der Waals surface area contributed by atoms with Gasteiger partial charge in [-0.05, 0) is 62.1 Å². The molecule has 1 saturated heterocycles. The summed E-state index contributed by atoms with van der Waals surface area (Å²) in [5.41, 5.74) is 0.737. The smallest absolute Gasteiger partial charge is 0.249 e. The van der Waals surface area contributed by atoms with Crippen LogP contribution in [-0.2, 0) is 9.59 Å². The van der Waals surface area contributed by atoms with Crippen LogP contribution in [0, 0.1) is 11.7 Å². The fourth-order valence-electron chi connectivity index (χ4n) is 3.23. The lowest BCUT2D eigenvalue weighted by Crippen LogP contribution is -2.40. The van der Waals surface area contributed by atoms with Crippen molar-refractivity contribution in [2.75, 3.05) is 11.9 Å². The number of allylic oxidation sites excluding steroid dienone is 1. The van der Waals surface area contributed by atoms with Gasteiger partial charge < -0.3 is 5.32 Å². The number of ketones is 1. The first-order valence-electron chi connectivity index (χ1n) is 9.90. The molecule has 2 N–H and O–H groups in total. The number of benzene rings is 1. The van der Waals surface area contributed by atoms with E-state index in [0.29, 0.717) is 16.6 Å². The second-order valence-corrected chi connectivity index (χ2v) is 8.09. The van der Waals surface area contributed by atoms with Gasteiger partial charge in [0.2, 0.25) is 11.0 Å². The van der Waals surface area contributed by atoms with E-state index in [-0.39, 0.29) is 29.5 Å². The number of Topliss-reactive ketones (excluding diaryl/α,β-unsaturated/α-hetero) is 1. The number of piperidine rings is 1. The Morgan fingerprint density at radius 2 is 2.10 bits per heavy atom. The minimum atomic E-state index is -0.319. The van der Waals surface area contributed by atoms with Crippen LogP contribution >= 0.6 is 11.3 Å². The number of carbonyl (C=O) groups is 2. The summed E-state index contributed by atoms with van der Waals surface area (Å²) < 4.78 is 13.0. The summed E-state index contributed by atoms with van der Waals surface area (Å²) in [6, 6.07) is 5.89. The number of anilines is 1. The molecular weight excluding hydrogens is 391 g/mol. The lowest BCUT2D eigenvalue weighted by Gasteiger charge is -2.23. The molecule has 0 bridgehead atoms. The molecule has 0 saturated carbocycles. The predicted octanol–water partition coefficient (Wildman–Crippen LogP) is 3.97. The summed E-state index contributed by atoms with van der Waals surface area (Å²) in [6.45, 7) is 2.90. The molecule has 1 amide bonds. The lowest BCUT2D eigenvalue weighted by molar-refractivity contribution is -0.122. The van der Waals surface area contributed by atoms with E-state index in [9.17, 15) is 14.0 Å². The van der Waals surface area contributed by atoms with Crippen molar-refractivity contribution in [3.05, 3.63) is 42.2 Å². The molecule has 1 aromatic carbocycles. The Kier molecular flexibility index (Phi) is 7.60. The van der Waals surface area contributed by atoms with E-state index in [1.54, 1.807) is 18.2 Å². The fourth-order valence-corrected chi connectivity index (χ4v) is 3.98. The summed E-state index contributed by atoms with van der Waals surface area (Å²) in [5.74, 6) is -0.385. The summed E-state index contributed by atoms with van der Waals surface area (Å²) in [5, 5.41) is 14.9. The van der Waals surface area contributed by atoms with Crippen LogP contribution in [0.25, 0.3) is 10.6 Å². The highest BCUT2D eigenvalue weighted by molar-refractivity contribution is 7.18. The quantitative estimate of drug-likeness (QED) is 0.636. The van der Waals surface area contributed by atoms with Crippen molar-refractivity contribution in [2.45, 2.75) is 45.1 Å². The predicted molar refractivity (Wildman–Crippen MR) is 112 cm³/mol. The first-order valence-corrected chi connectivity index (χ1v) is 10.7. The molecule has 0 spiro atoms. The number of hydrogen-bond donors (Lipinski definition) is 2. The van der Waals surface area contributed by atoms with E-state index >= 15 is 0 Å². The fraction of sp³-hybridized carbons (Fsp3) is 0.429. The Morgan fingerprint density at radius 1 is 1.31 bits per heavy atom. The first kappa shape index (κ1) is 21.3. The number of aromatic nitrogens is 2. The maximum atomic E-state index is 13.0. The Hall–Kier alpha value is -2.45. The summed E-state index contributed by atoms with van der Waals surface area (Å²) in [7, 11) is 0. The van der Waals surface area contributed by atoms with E-state index < -0.39 is 0 Å². The summed E-state index contributed by atoms with van der Waals surface area (Å²) in [4.78, 5) is 24.6. The molecule has 154 valence electrons. The normalized spacial score (nSPS) is 17.9. The molecule has 6 nitrogen and oxygen atoms in total. The number of rotatable bonds is 8. The van der Waals surface area contributed by atoms with Gasteiger partial charge >= 0.3 is 0 Å². The van der Waals surface area contributed by atoms with Crippen LogP contribution in [0.1, 0.15) is 39.0 Å². The standard InChI is InChI=1S/C21H25FN4O2S/c1-2-14(13-18(27)17-5-3-4-12-23-17)6-11-19(28)24-21-26-25-20(29-21)15-7-9-16(22)10-8-15/h6-11,14,17,23H,2-5,12-13H2,1H3,(H,24,26,28)/b11-6+/t14-,17-/m0/s1. The van der Waals surface area contributed by atoms with E-state index in [1.165, 1.54) is 29.5 Å². The van der Waals surface area contributed by atoms with Crippen LogP contribution in [0.15, 0.2) is 36.4 Å². The third-order valence-corrected chi connectivity index (χ3v) is 5.84. The highest BCUT2D eigenvalue weighted by Crippen LogP contribution is 2.26. The molecule has 1 fully saturated rings. The minimum absolute atomic E-state index is 0.0289. The van der Waals surface area contributed by atoms with Gasteiger partial charge in [0.25, 0.3) is 0 Å². The largest absolute Gasteiger partial charge is 0.307 e. The van der Waals surface area contributed by atoms with E-state index in [0.717, 1.165) is 37.8 Å². The van der Waals surface area contributed by atoms with Crippen LogP contribution < -0.4 is 10.6 Å². The molecule has 3 rings (SSSR count). The number of carbonyl (C=O) groups excluding carboxylic acids is 2. The molecule has 0 aliphatic carbocycles. The SMILES string of the molecule is CC[C@@H](/C=C/C(=O)Nc1nnc(-c2ccc(F)cc2)s1)CC(=O)[C@@H]1CCCCN1. The highest BCUT2D eigenvalue weighted by atomic mass is 32.1. The van der Waals surface area contributed by atoms with Gasteiger partial charge in [-0.1, -0.05) is 30.8 Å². The summed E-state index contributed by atoms with van der Waals surface area (Å²) in [6.07, 6.45) is 7.57. The first-order chi connectivity index (χ1) is 14.0. The lowest BCUT2D eigenvalue weighted by atomic mass is 9.92. The van der Waals surface area contributed by atoms with E-state index in [4.69, 9.17) is 0 Å². The van der Waals surface area contributed by atoms with E-state index in [1.807, 2.05) is 6.92 Å². The average Bonchev–Trinajstić information content (AvgIpc) is 3.20. The van der Waals surface area contributed by atoms with Gasteiger partial charge in [0.15, 0.2) is 0 Å². The van der Waals surface area contributed by atoms with Crippen molar-refractivity contribution >= 4 is 28.2 Å². The molecule has 0 radical (unpaired) electrons. The molecule has 2 aromatic rings. The van der Waals surface area contributed by atoms with Gasteiger partial charge in [-0.15, -0.1) is 10.2 Å². The van der Waals surface area contributed by atoms with Crippen molar-refractivity contribution in [1.82, 2.24) is 15.5 Å². The van der Waals surface area contributed by atoms with Gasteiger partial charge in [-0.25, -0.2) is 4.39 Å². The second-order valence-electron chi connectivity index (χ2n) is 7.11. The van der Waals surface area contributed by atoms with E-state index in [2.05, 4.69) is 20.8 Å². The highest BCUT2D eigenvalue weighted by Gasteiger charge is 2.22. The number of halogens is 1. The Morgan fingerprint density at radius 3 is 2.79 bits per heavy atom. The van der Waals surface area contributed by atoms with Crippen molar-refractivity contribution in [3.63, 3.8) is 0 Å². The van der Waals surface area contributed by atoms with Gasteiger partial charge in [0, 0.05) is 12.0 Å². The zero-order valence-corrected chi connectivity index (χ0v) is 17.2. The maximum absolute atomic E-state index is 13.0. The molecule has 0 unspecified atom stereocenters. The molecule has 2 heterocycles. The number of amides is 1. The zero-order valence-electron chi connectivity index (χ0n) is 16.4. The van der Waals surface area contributed by atoms with Gasteiger partial charge in [0.05, 0.1) is 6.04 Å². The molecule has 1 aliphatic rings. The van der Waals surface area contributed by atoms with Crippen molar-refractivity contribution in [3.8, 4) is 10.6 Å². The molecule has 2 atom stereocenters. The van der Waals surface area contributed by atoms with Gasteiger partial charge in [-0.2, -0.15) is 0 Å².